The summed E-state index contributed by atoms with van der Waals surface area (Å²) in [6.45, 7) is 3.20. The summed E-state index contributed by atoms with van der Waals surface area (Å²) in [4.78, 5) is 15.5. The molecule has 1 N–H and O–H groups in total. The predicted molar refractivity (Wildman–Crippen MR) is 100 cm³/mol. The maximum absolute atomic E-state index is 4.46. The lowest BCUT2D eigenvalue weighted by Crippen LogP contribution is -2.36. The van der Waals surface area contributed by atoms with Crippen LogP contribution in [0, 0.1) is 5.92 Å². The monoisotopic (exact) mass is 370 g/mol. The lowest BCUT2D eigenvalue weighted by molar-refractivity contribution is 0.163. The van der Waals surface area contributed by atoms with Crippen molar-refractivity contribution in [2.75, 3.05) is 18.4 Å². The largest absolute Gasteiger partial charge is 0.337 e. The fraction of sp³-hybridized carbons (Fsp3) is 0.471. The molecular weight excluding hydrogens is 348 g/mol. The molecule has 0 bridgehead atoms. The summed E-state index contributed by atoms with van der Waals surface area (Å²) in [6, 6.07) is 2.02. The summed E-state index contributed by atoms with van der Waals surface area (Å²) in [5.41, 5.74) is 4.03. The number of hydrogen-bond donors (Lipinski definition) is 1. The number of rotatable bonds is 6. The zero-order chi connectivity index (χ0) is 17.8. The topological polar surface area (TPSA) is 84.7 Å². The van der Waals surface area contributed by atoms with E-state index in [1.54, 1.807) is 11.8 Å². The molecule has 1 aliphatic rings. The van der Waals surface area contributed by atoms with Gasteiger partial charge in [0.1, 0.15) is 17.7 Å². The van der Waals surface area contributed by atoms with Crippen molar-refractivity contribution >= 4 is 22.3 Å². The molecule has 4 heterocycles. The van der Waals surface area contributed by atoms with Crippen molar-refractivity contribution in [1.29, 1.82) is 0 Å². The van der Waals surface area contributed by atoms with E-state index in [0.29, 0.717) is 5.92 Å². The molecule has 0 radical (unpaired) electrons. The molecule has 8 nitrogen and oxygen atoms in total. The second-order valence-electron chi connectivity index (χ2n) is 6.71. The van der Waals surface area contributed by atoms with E-state index in [4.69, 9.17) is 0 Å². The van der Waals surface area contributed by atoms with Gasteiger partial charge in [-0.2, -0.15) is 0 Å². The highest BCUT2D eigenvalue weighted by Gasteiger charge is 2.21. The minimum absolute atomic E-state index is 0.612. The molecule has 3 aromatic heterocycles. The zero-order valence-electron chi connectivity index (χ0n) is 14.7. The van der Waals surface area contributed by atoms with Gasteiger partial charge in [-0.3, -0.25) is 4.90 Å². The van der Waals surface area contributed by atoms with Crippen LogP contribution in [0.2, 0.25) is 0 Å². The molecule has 26 heavy (non-hydrogen) atoms. The van der Waals surface area contributed by atoms with Crippen molar-refractivity contribution in [2.45, 2.75) is 25.8 Å². The minimum Gasteiger partial charge on any atom is -0.337 e. The second-order valence-corrected chi connectivity index (χ2v) is 7.54. The van der Waals surface area contributed by atoms with Gasteiger partial charge in [-0.1, -0.05) is 11.3 Å². The van der Waals surface area contributed by atoms with Gasteiger partial charge in [0.15, 0.2) is 0 Å². The molecule has 1 atom stereocenters. The van der Waals surface area contributed by atoms with Gasteiger partial charge < -0.3 is 9.88 Å². The first-order valence-electron chi connectivity index (χ1n) is 8.78. The van der Waals surface area contributed by atoms with Crippen LogP contribution in [0.1, 0.15) is 24.2 Å². The normalized spacial score (nSPS) is 18.1. The van der Waals surface area contributed by atoms with Crippen LogP contribution in [-0.2, 0) is 20.0 Å². The smallest absolute Gasteiger partial charge is 0.210 e. The Morgan fingerprint density at radius 2 is 2.31 bits per heavy atom. The number of anilines is 2. The Morgan fingerprint density at radius 1 is 1.35 bits per heavy atom. The van der Waals surface area contributed by atoms with Crippen LogP contribution in [0.3, 0.4) is 0 Å². The number of piperidine rings is 1. The number of nitrogens with one attached hydrogen (secondary N) is 1. The molecule has 1 fully saturated rings. The maximum atomic E-state index is 4.46. The molecule has 0 aromatic carbocycles. The first-order chi connectivity index (χ1) is 12.8. The van der Waals surface area contributed by atoms with E-state index >= 15 is 0 Å². The van der Waals surface area contributed by atoms with Crippen LogP contribution in [0.4, 0.5) is 10.9 Å². The van der Waals surface area contributed by atoms with Crippen LogP contribution in [0.5, 0.6) is 0 Å². The predicted octanol–water partition coefficient (Wildman–Crippen LogP) is 2.26. The van der Waals surface area contributed by atoms with Crippen LogP contribution < -0.4 is 5.32 Å². The number of likely N-dealkylation sites (tertiary alicyclic amines) is 1. The van der Waals surface area contributed by atoms with Gasteiger partial charge in [-0.25, -0.2) is 15.0 Å². The van der Waals surface area contributed by atoms with Crippen LogP contribution in [0.25, 0.3) is 0 Å². The van der Waals surface area contributed by atoms with Crippen molar-refractivity contribution in [3.05, 3.63) is 41.8 Å². The van der Waals surface area contributed by atoms with Crippen molar-refractivity contribution < 1.29 is 0 Å². The van der Waals surface area contributed by atoms with Gasteiger partial charge in [0.25, 0.3) is 0 Å². The van der Waals surface area contributed by atoms with Crippen LogP contribution >= 0.6 is 11.3 Å². The summed E-state index contributed by atoms with van der Waals surface area (Å²) < 4.78 is 2.10. The Morgan fingerprint density at radius 3 is 3.12 bits per heavy atom. The average molecular weight is 370 g/mol. The minimum atomic E-state index is 0.612. The van der Waals surface area contributed by atoms with Crippen molar-refractivity contribution in [3.8, 4) is 0 Å². The maximum Gasteiger partial charge on any atom is 0.210 e. The molecule has 0 amide bonds. The van der Waals surface area contributed by atoms with Gasteiger partial charge in [0, 0.05) is 38.1 Å². The Labute approximate surface area is 156 Å². The SMILES string of the molecule is Cn1cncc1CN1CCCC(Cc2cc(Nc3nncs3)ncn2)C1. The summed E-state index contributed by atoms with van der Waals surface area (Å²) in [5, 5.41) is 11.7. The molecule has 0 spiro atoms. The van der Waals surface area contributed by atoms with Crippen molar-refractivity contribution in [1.82, 2.24) is 34.6 Å². The molecule has 1 aliphatic heterocycles. The van der Waals surface area contributed by atoms with E-state index in [1.165, 1.54) is 29.9 Å². The van der Waals surface area contributed by atoms with Gasteiger partial charge in [-0.05, 0) is 31.7 Å². The second kappa shape index (κ2) is 7.88. The third-order valence-electron chi connectivity index (χ3n) is 4.72. The summed E-state index contributed by atoms with van der Waals surface area (Å²) in [5.74, 6) is 1.38. The van der Waals surface area contributed by atoms with Crippen LogP contribution in [-0.4, -0.2) is 47.7 Å². The standard InChI is InChI=1S/C17H22N8S/c1-24-11-18-7-15(24)9-25-4-2-3-13(8-25)5-14-6-16(20-10-19-14)22-17-23-21-12-26-17/h6-7,10-13H,2-5,8-9H2,1H3,(H,19,20,22,23). The van der Waals surface area contributed by atoms with E-state index in [2.05, 4.69) is 47.0 Å². The lowest BCUT2D eigenvalue weighted by Gasteiger charge is -2.32. The lowest BCUT2D eigenvalue weighted by atomic mass is 9.93. The van der Waals surface area contributed by atoms with Gasteiger partial charge in [0.2, 0.25) is 5.13 Å². The first-order valence-corrected chi connectivity index (χ1v) is 9.66. The molecule has 1 saturated heterocycles. The molecular formula is C17H22N8S. The third kappa shape index (κ3) is 4.23. The van der Waals surface area contributed by atoms with E-state index in [9.17, 15) is 0 Å². The fourth-order valence-corrected chi connectivity index (χ4v) is 3.89. The van der Waals surface area contributed by atoms with E-state index in [1.807, 2.05) is 18.6 Å². The molecule has 0 saturated carbocycles. The number of aromatic nitrogens is 6. The number of hydrogen-bond acceptors (Lipinski definition) is 8. The van der Waals surface area contributed by atoms with E-state index in [-0.39, 0.29) is 0 Å². The number of imidazole rings is 1. The number of aryl methyl sites for hydroxylation is 1. The molecule has 1 unspecified atom stereocenters. The Balaban J connectivity index is 1.36. The van der Waals surface area contributed by atoms with Crippen molar-refractivity contribution in [2.24, 2.45) is 13.0 Å². The van der Waals surface area contributed by atoms with Gasteiger partial charge in [-0.15, -0.1) is 10.2 Å². The summed E-state index contributed by atoms with van der Waals surface area (Å²) in [7, 11) is 2.05. The van der Waals surface area contributed by atoms with E-state index < -0.39 is 0 Å². The molecule has 3 aromatic rings. The highest BCUT2D eigenvalue weighted by atomic mass is 32.1. The Bertz CT molecular complexity index is 831. The van der Waals surface area contributed by atoms with Crippen LogP contribution in [0.15, 0.2) is 30.4 Å². The van der Waals surface area contributed by atoms with Gasteiger partial charge >= 0.3 is 0 Å². The third-order valence-corrected chi connectivity index (χ3v) is 5.33. The van der Waals surface area contributed by atoms with E-state index in [0.717, 1.165) is 42.7 Å². The quantitative estimate of drug-likeness (QED) is 0.712. The average Bonchev–Trinajstić information content (AvgIpc) is 3.28. The summed E-state index contributed by atoms with van der Waals surface area (Å²) >= 11 is 1.45. The summed E-state index contributed by atoms with van der Waals surface area (Å²) in [6.07, 6.45) is 8.88. The fourth-order valence-electron chi connectivity index (χ4n) is 3.44. The molecule has 0 aliphatic carbocycles. The highest BCUT2D eigenvalue weighted by molar-refractivity contribution is 7.13. The Kier molecular flexibility index (Phi) is 5.16. The number of nitrogens with zero attached hydrogens (tertiary/aromatic N) is 7. The zero-order valence-corrected chi connectivity index (χ0v) is 15.6. The molecule has 136 valence electrons. The first kappa shape index (κ1) is 17.0. The molecule has 9 heteroatoms. The molecule has 4 rings (SSSR count). The van der Waals surface area contributed by atoms with Crippen molar-refractivity contribution in [3.63, 3.8) is 0 Å². The highest BCUT2D eigenvalue weighted by Crippen LogP contribution is 2.23. The Hall–Kier alpha value is -2.39. The van der Waals surface area contributed by atoms with Gasteiger partial charge in [0.05, 0.1) is 12.0 Å².